The Morgan fingerprint density at radius 1 is 0.500 bits per heavy atom. The first-order chi connectivity index (χ1) is 13.0. The molecule has 8 N–H and O–H groups in total. The standard InChI is InChI=1S/C14H28N6O8/c15-19(9-13(25)26)5-3-17(7-11(21)22)1-2-18(8-12(23)24)4-6-20(16)10-14(27)28/h1-10,15-16H2,(H,21,22)(H,23,24)(H,25,26)(H,27,28). The third-order valence-electron chi connectivity index (χ3n) is 3.53. The summed E-state index contributed by atoms with van der Waals surface area (Å²) in [5, 5.41) is 37.4. The minimum atomic E-state index is -1.12. The minimum Gasteiger partial charge on any atom is -0.480 e. The third-order valence-corrected chi connectivity index (χ3v) is 3.53. The maximum absolute atomic E-state index is 11.0. The normalized spacial score (nSPS) is 11.5. The zero-order chi connectivity index (χ0) is 21.7. The van der Waals surface area contributed by atoms with Crippen LogP contribution >= 0.6 is 0 Å². The average molecular weight is 408 g/mol. The number of aliphatic carboxylic acids is 4. The fraction of sp³-hybridized carbons (Fsp3) is 0.714. The predicted molar refractivity (Wildman–Crippen MR) is 94.9 cm³/mol. The summed E-state index contributed by atoms with van der Waals surface area (Å²) >= 11 is 0. The van der Waals surface area contributed by atoms with Gasteiger partial charge in [-0.25, -0.2) is 10.0 Å². The molecule has 0 aromatic heterocycles. The van der Waals surface area contributed by atoms with Crippen molar-refractivity contribution in [2.75, 3.05) is 65.4 Å². The number of nitrogens with zero attached hydrogens (tertiary/aromatic N) is 4. The Kier molecular flexibility index (Phi) is 12.6. The van der Waals surface area contributed by atoms with E-state index in [0.717, 1.165) is 10.0 Å². The molecule has 0 saturated heterocycles. The summed E-state index contributed by atoms with van der Waals surface area (Å²) in [6.45, 7) is -0.551. The molecule has 0 aromatic carbocycles. The molecule has 0 saturated carbocycles. The van der Waals surface area contributed by atoms with Crippen LogP contribution < -0.4 is 11.7 Å². The van der Waals surface area contributed by atoms with E-state index in [4.69, 9.17) is 32.1 Å². The van der Waals surface area contributed by atoms with Crippen molar-refractivity contribution in [3.05, 3.63) is 0 Å². The molecule has 0 aliphatic carbocycles. The van der Waals surface area contributed by atoms with Gasteiger partial charge in [-0.15, -0.1) is 0 Å². The molecule has 162 valence electrons. The van der Waals surface area contributed by atoms with Gasteiger partial charge in [-0.1, -0.05) is 0 Å². The summed E-state index contributed by atoms with van der Waals surface area (Å²) in [6.07, 6.45) is 0. The largest absolute Gasteiger partial charge is 0.480 e. The number of carbonyl (C=O) groups is 4. The quantitative estimate of drug-likeness (QED) is 0.101. The second-order valence-corrected chi connectivity index (χ2v) is 6.07. The Hall–Kier alpha value is -2.36. The topological polar surface area (TPSA) is 214 Å². The van der Waals surface area contributed by atoms with Gasteiger partial charge in [0, 0.05) is 39.3 Å². The molecule has 0 amide bonds. The summed E-state index contributed by atoms with van der Waals surface area (Å²) < 4.78 is 0. The van der Waals surface area contributed by atoms with E-state index in [0.29, 0.717) is 0 Å². The highest BCUT2D eigenvalue weighted by Gasteiger charge is 2.16. The van der Waals surface area contributed by atoms with E-state index >= 15 is 0 Å². The van der Waals surface area contributed by atoms with Crippen LogP contribution in [0.25, 0.3) is 0 Å². The maximum atomic E-state index is 11.0. The molecular weight excluding hydrogens is 380 g/mol. The van der Waals surface area contributed by atoms with Gasteiger partial charge in [0.05, 0.1) is 13.1 Å². The van der Waals surface area contributed by atoms with Crippen LogP contribution in [-0.4, -0.2) is 130 Å². The van der Waals surface area contributed by atoms with E-state index in [9.17, 15) is 19.2 Å². The fourth-order valence-electron chi connectivity index (χ4n) is 2.25. The Morgan fingerprint density at radius 2 is 0.750 bits per heavy atom. The molecule has 0 bridgehead atoms. The summed E-state index contributed by atoms with van der Waals surface area (Å²) in [5.74, 6) is 6.61. The number of carboxylic acid groups (broad SMARTS) is 4. The number of nitrogens with two attached hydrogens (primary N) is 2. The van der Waals surface area contributed by atoms with Gasteiger partial charge in [-0.05, 0) is 0 Å². The average Bonchev–Trinajstić information content (AvgIpc) is 2.52. The first-order valence-corrected chi connectivity index (χ1v) is 8.30. The molecule has 14 nitrogen and oxygen atoms in total. The molecule has 0 unspecified atom stereocenters. The number of hydrazine groups is 2. The van der Waals surface area contributed by atoms with Crippen LogP contribution in [0, 0.1) is 0 Å². The molecule has 0 heterocycles. The van der Waals surface area contributed by atoms with Crippen LogP contribution in [0.3, 0.4) is 0 Å². The SMILES string of the molecule is NN(CCN(CCN(CCN(N)CC(=O)O)CC(=O)O)CC(=O)O)CC(=O)O. The van der Waals surface area contributed by atoms with Crippen molar-refractivity contribution >= 4 is 23.9 Å². The van der Waals surface area contributed by atoms with Gasteiger partial charge in [0.25, 0.3) is 0 Å². The zero-order valence-electron chi connectivity index (χ0n) is 15.4. The van der Waals surface area contributed by atoms with Crippen LogP contribution in [0.4, 0.5) is 0 Å². The zero-order valence-corrected chi connectivity index (χ0v) is 15.4. The van der Waals surface area contributed by atoms with Gasteiger partial charge in [-0.3, -0.25) is 40.7 Å². The van der Waals surface area contributed by atoms with E-state index in [1.54, 1.807) is 0 Å². The maximum Gasteiger partial charge on any atom is 0.319 e. The van der Waals surface area contributed by atoms with Crippen molar-refractivity contribution in [1.29, 1.82) is 0 Å². The molecule has 0 aliphatic heterocycles. The molecule has 0 aromatic rings. The lowest BCUT2D eigenvalue weighted by atomic mass is 10.3. The number of rotatable bonds is 17. The summed E-state index contributed by atoms with van der Waals surface area (Å²) in [4.78, 5) is 46.2. The van der Waals surface area contributed by atoms with Gasteiger partial charge in [-0.2, -0.15) is 0 Å². The summed E-state index contributed by atoms with van der Waals surface area (Å²) in [7, 11) is 0. The predicted octanol–water partition coefficient (Wildman–Crippen LogP) is -3.72. The monoisotopic (exact) mass is 408 g/mol. The van der Waals surface area contributed by atoms with Crippen LogP contribution in [0.5, 0.6) is 0 Å². The number of hydrogen-bond donors (Lipinski definition) is 6. The second-order valence-electron chi connectivity index (χ2n) is 6.07. The molecule has 0 spiro atoms. The Bertz CT molecular complexity index is 488. The highest BCUT2D eigenvalue weighted by Crippen LogP contribution is 1.96. The first-order valence-electron chi connectivity index (χ1n) is 8.30. The van der Waals surface area contributed by atoms with E-state index in [2.05, 4.69) is 0 Å². The molecule has 28 heavy (non-hydrogen) atoms. The Labute approximate surface area is 161 Å². The van der Waals surface area contributed by atoms with Gasteiger partial charge >= 0.3 is 23.9 Å². The van der Waals surface area contributed by atoms with Crippen molar-refractivity contribution in [1.82, 2.24) is 19.8 Å². The lowest BCUT2D eigenvalue weighted by Gasteiger charge is -2.28. The smallest absolute Gasteiger partial charge is 0.319 e. The van der Waals surface area contributed by atoms with Crippen LogP contribution in [-0.2, 0) is 19.2 Å². The highest BCUT2D eigenvalue weighted by atomic mass is 16.4. The van der Waals surface area contributed by atoms with Crippen molar-refractivity contribution < 1.29 is 39.6 Å². The molecule has 14 heteroatoms. The third kappa shape index (κ3) is 14.8. The molecule has 0 fully saturated rings. The molecule has 0 radical (unpaired) electrons. The van der Waals surface area contributed by atoms with E-state index in [1.807, 2.05) is 0 Å². The van der Waals surface area contributed by atoms with Crippen LogP contribution in [0.2, 0.25) is 0 Å². The van der Waals surface area contributed by atoms with Crippen molar-refractivity contribution in [3.8, 4) is 0 Å². The van der Waals surface area contributed by atoms with Crippen molar-refractivity contribution in [2.45, 2.75) is 0 Å². The molecular formula is C14H28N6O8. The van der Waals surface area contributed by atoms with Gasteiger partial charge in [0.2, 0.25) is 0 Å². The molecule has 0 aliphatic rings. The van der Waals surface area contributed by atoms with Crippen molar-refractivity contribution in [3.63, 3.8) is 0 Å². The van der Waals surface area contributed by atoms with Crippen molar-refractivity contribution in [2.24, 2.45) is 11.7 Å². The first kappa shape index (κ1) is 25.6. The van der Waals surface area contributed by atoms with E-state index in [1.165, 1.54) is 9.80 Å². The summed E-state index contributed by atoms with van der Waals surface area (Å²) in [5.41, 5.74) is 0. The summed E-state index contributed by atoms with van der Waals surface area (Å²) in [6, 6.07) is 0. The van der Waals surface area contributed by atoms with Gasteiger partial charge in [0.1, 0.15) is 13.1 Å². The van der Waals surface area contributed by atoms with E-state index in [-0.39, 0.29) is 52.4 Å². The fourth-order valence-corrected chi connectivity index (χ4v) is 2.25. The lowest BCUT2D eigenvalue weighted by Crippen LogP contribution is -2.47. The highest BCUT2D eigenvalue weighted by molar-refractivity contribution is 5.70. The van der Waals surface area contributed by atoms with E-state index < -0.39 is 37.0 Å². The number of hydrogen-bond acceptors (Lipinski definition) is 10. The van der Waals surface area contributed by atoms with Crippen LogP contribution in [0.15, 0.2) is 0 Å². The number of carboxylic acids is 4. The minimum absolute atomic E-state index is 0.105. The Balaban J connectivity index is 4.67. The van der Waals surface area contributed by atoms with Crippen LogP contribution in [0.1, 0.15) is 0 Å². The van der Waals surface area contributed by atoms with Gasteiger partial charge < -0.3 is 20.4 Å². The molecule has 0 atom stereocenters. The second kappa shape index (κ2) is 13.8. The lowest BCUT2D eigenvalue weighted by molar-refractivity contribution is -0.140. The Morgan fingerprint density at radius 3 is 1.00 bits per heavy atom. The molecule has 0 rings (SSSR count). The van der Waals surface area contributed by atoms with Gasteiger partial charge in [0.15, 0.2) is 0 Å².